The van der Waals surface area contributed by atoms with Gasteiger partial charge in [0.25, 0.3) is 17.7 Å². The Hall–Kier alpha value is -6.21. The number of carbonyl (C=O) groups excluding carboxylic acids is 7. The van der Waals surface area contributed by atoms with Gasteiger partial charge >= 0.3 is 23.9 Å². The zero-order valence-corrected chi connectivity index (χ0v) is 47.2. The number of ether oxygens (including phenoxy) is 4. The van der Waals surface area contributed by atoms with Gasteiger partial charge in [-0.3, -0.25) is 77.2 Å². The van der Waals surface area contributed by atoms with Crippen LogP contribution in [0.4, 0.5) is 0 Å². The molecule has 0 aromatic heterocycles. The van der Waals surface area contributed by atoms with Crippen LogP contribution in [0.5, 0.6) is 5.75 Å². The molecule has 2 aliphatic heterocycles. The number of hydrogen-bond acceptors (Lipinski definition) is 19. The summed E-state index contributed by atoms with van der Waals surface area (Å²) in [5, 5.41) is 46.0. The second kappa shape index (κ2) is 38.5. The molecule has 0 saturated carbocycles. The molecule has 27 nitrogen and oxygen atoms in total. The topological polar surface area (TPSA) is 358 Å². The predicted molar refractivity (Wildman–Crippen MR) is 281 cm³/mol. The van der Waals surface area contributed by atoms with E-state index in [-0.39, 0.29) is 208 Å². The van der Waals surface area contributed by atoms with Gasteiger partial charge in [0.2, 0.25) is 11.8 Å². The average molecular weight is 1280 g/mol. The molecular weight excluding hydrogens is 1210 g/mol. The molecule has 4 rings (SSSR count). The molecule has 2 aromatic rings. The van der Waals surface area contributed by atoms with Crippen LogP contribution in [0, 0.1) is 45.9 Å². The monoisotopic (exact) mass is 1280 g/mol. The van der Waals surface area contributed by atoms with E-state index in [1.165, 1.54) is 24.3 Å². The van der Waals surface area contributed by atoms with E-state index >= 15 is 0 Å². The Labute approximate surface area is 500 Å². The molecule has 2 aromatic carbocycles. The van der Waals surface area contributed by atoms with Crippen LogP contribution in [0.15, 0.2) is 60.7 Å². The number of imide groups is 1. The summed E-state index contributed by atoms with van der Waals surface area (Å²) in [5.41, 5.74) is 1.41. The number of benzene rings is 2. The maximum atomic E-state index is 12.9. The van der Waals surface area contributed by atoms with Crippen LogP contribution in [0.1, 0.15) is 40.7 Å². The molecule has 1 fully saturated rings. The Morgan fingerprint density at radius 3 is 1.64 bits per heavy atom. The van der Waals surface area contributed by atoms with Gasteiger partial charge in [-0.2, -0.15) is 0 Å². The van der Waals surface area contributed by atoms with Crippen molar-refractivity contribution in [2.45, 2.75) is 32.2 Å². The number of carboxylic acid groups (broad SMARTS) is 4. The van der Waals surface area contributed by atoms with Gasteiger partial charge in [-0.05, 0) is 48.2 Å². The maximum absolute atomic E-state index is 12.9. The van der Waals surface area contributed by atoms with Crippen molar-refractivity contribution in [3.8, 4) is 5.75 Å². The second-order valence-corrected chi connectivity index (χ2v) is 18.8. The van der Waals surface area contributed by atoms with Crippen LogP contribution in [0.2, 0.25) is 0 Å². The Bertz CT molecular complexity index is 2420. The number of amides is 5. The van der Waals surface area contributed by atoms with Gasteiger partial charge < -0.3 is 55.3 Å². The number of rotatable bonds is 36. The Balaban J connectivity index is 0.0000172. The van der Waals surface area contributed by atoms with Crippen molar-refractivity contribution in [2.75, 3.05) is 144 Å². The largest absolute Gasteiger partial charge is 0.486 e. The summed E-state index contributed by atoms with van der Waals surface area (Å²) in [6, 6.07) is 12.8. The molecule has 0 unspecified atom stereocenters. The Morgan fingerprint density at radius 1 is 0.568 bits per heavy atom. The summed E-state index contributed by atoms with van der Waals surface area (Å²) in [5.74, 6) is -7.92. The van der Waals surface area contributed by atoms with Crippen LogP contribution in [0.3, 0.4) is 0 Å². The molecule has 446 valence electrons. The molecule has 81 heavy (non-hydrogen) atoms. The first-order valence-electron chi connectivity index (χ1n) is 26.0. The SMILES string of the molecule is O=C(O)CN1CCN(CC(=O)O)CCN(CC(=O)NCCOCCOCCOCC(=O)NCc2cccc(C(=O)NCC(=O)C[C@@H](Cc3ccc(OCC(=O)CCCN4C(=O)C=CC4=O)cc3)C(=O)O)c2)CCN(CC(=O)O)CC1.[Gd]. The smallest absolute Gasteiger partial charge is 0.317 e. The fourth-order valence-corrected chi connectivity index (χ4v) is 8.19. The van der Waals surface area contributed by atoms with E-state index in [4.69, 9.17) is 18.9 Å². The van der Waals surface area contributed by atoms with Gasteiger partial charge in [-0.15, -0.1) is 0 Å². The fraction of sp³-hybridized carbons (Fsp3) is 0.528. The van der Waals surface area contributed by atoms with Gasteiger partial charge in [0.1, 0.15) is 19.0 Å². The van der Waals surface area contributed by atoms with E-state index in [1.807, 2.05) is 4.90 Å². The summed E-state index contributed by atoms with van der Waals surface area (Å²) >= 11 is 0. The minimum Gasteiger partial charge on any atom is -0.486 e. The quantitative estimate of drug-likeness (QED) is 0.0293. The molecule has 2 aliphatic rings. The number of aliphatic carboxylic acids is 4. The van der Waals surface area contributed by atoms with E-state index in [0.29, 0.717) is 36.4 Å². The van der Waals surface area contributed by atoms with Gasteiger partial charge in [0.05, 0.1) is 71.7 Å². The molecule has 7 N–H and O–H groups in total. The van der Waals surface area contributed by atoms with Crippen LogP contribution in [-0.2, 0) is 75.1 Å². The molecule has 1 saturated heterocycles. The first kappa shape index (κ1) is 69.1. The maximum Gasteiger partial charge on any atom is 0.317 e. The third-order valence-corrected chi connectivity index (χ3v) is 12.4. The van der Waals surface area contributed by atoms with E-state index in [2.05, 4.69) is 16.0 Å². The van der Waals surface area contributed by atoms with Crippen molar-refractivity contribution < 1.29 is 132 Å². The van der Waals surface area contributed by atoms with Gasteiger partial charge in [0.15, 0.2) is 11.6 Å². The summed E-state index contributed by atoms with van der Waals surface area (Å²) in [4.78, 5) is 141. The summed E-state index contributed by atoms with van der Waals surface area (Å²) in [6.07, 6.45) is 2.41. The molecule has 0 aliphatic carbocycles. The van der Waals surface area contributed by atoms with Crippen LogP contribution in [0.25, 0.3) is 0 Å². The number of carboxylic acids is 4. The molecule has 0 spiro atoms. The Kier molecular flexibility index (Phi) is 32.8. The van der Waals surface area contributed by atoms with Crippen molar-refractivity contribution >= 4 is 65.0 Å². The summed E-state index contributed by atoms with van der Waals surface area (Å²) in [6.45, 7) is 1.77. The normalized spacial score (nSPS) is 15.1. The molecule has 0 bridgehead atoms. The molecule has 5 amide bonds. The van der Waals surface area contributed by atoms with Crippen LogP contribution < -0.4 is 20.7 Å². The first-order valence-corrected chi connectivity index (χ1v) is 26.0. The minimum atomic E-state index is -1.20. The van der Waals surface area contributed by atoms with E-state index in [9.17, 15) is 73.2 Å². The van der Waals surface area contributed by atoms with Crippen molar-refractivity contribution in [1.82, 2.24) is 40.4 Å². The van der Waals surface area contributed by atoms with E-state index < -0.39 is 65.8 Å². The minimum absolute atomic E-state index is 0. The van der Waals surface area contributed by atoms with Crippen molar-refractivity contribution in [3.63, 3.8) is 0 Å². The molecule has 2 heterocycles. The van der Waals surface area contributed by atoms with Crippen LogP contribution in [-0.4, -0.2) is 254 Å². The first-order chi connectivity index (χ1) is 38.3. The Morgan fingerprint density at radius 2 is 1.10 bits per heavy atom. The van der Waals surface area contributed by atoms with E-state index in [0.717, 1.165) is 4.90 Å². The zero-order chi connectivity index (χ0) is 58.2. The average Bonchev–Trinajstić information content (AvgIpc) is 3.74. The molecule has 1 atom stereocenters. The van der Waals surface area contributed by atoms with Crippen molar-refractivity contribution in [3.05, 3.63) is 77.4 Å². The number of nitrogens with zero attached hydrogens (tertiary/aromatic N) is 5. The van der Waals surface area contributed by atoms with Gasteiger partial charge in [-0.25, -0.2) is 0 Å². The zero-order valence-electron chi connectivity index (χ0n) is 44.9. The number of carbonyl (C=O) groups is 11. The van der Waals surface area contributed by atoms with Gasteiger partial charge in [0, 0.05) is 142 Å². The third-order valence-electron chi connectivity index (χ3n) is 12.4. The number of nitrogens with one attached hydrogen (secondary N) is 3. The predicted octanol–water partition coefficient (Wildman–Crippen LogP) is -1.77. The third kappa shape index (κ3) is 29.4. The summed E-state index contributed by atoms with van der Waals surface area (Å²) < 4.78 is 21.9. The number of ketones is 2. The van der Waals surface area contributed by atoms with Gasteiger partial charge in [-0.1, -0.05) is 24.3 Å². The number of hydrogen-bond donors (Lipinski definition) is 7. The fourth-order valence-electron chi connectivity index (χ4n) is 8.19. The van der Waals surface area contributed by atoms with Crippen molar-refractivity contribution in [2.24, 2.45) is 5.92 Å². The van der Waals surface area contributed by atoms with Crippen LogP contribution >= 0.6 is 0 Å². The van der Waals surface area contributed by atoms with E-state index in [1.54, 1.807) is 51.1 Å². The van der Waals surface area contributed by atoms with Crippen molar-refractivity contribution in [1.29, 1.82) is 0 Å². The molecule has 0 radical (unpaired) electrons. The second-order valence-electron chi connectivity index (χ2n) is 18.8. The molecule has 28 heteroatoms. The number of Topliss-reactive ketones (excluding diaryl/α,β-unsaturated/α-hetero) is 2. The summed E-state index contributed by atoms with van der Waals surface area (Å²) in [7, 11) is 0. The standard InChI is InChI=1S/C53H72N8O19.Gd/c62-42(5-2-13-61-47(66)10-11-48(61)67)36-80-44-8-6-38(7-9-44)27-41(53(75)76)29-43(63)31-56-52(74)40-4-1-3-39(28-40)30-55-46(65)37-79-26-25-78-24-23-77-22-12-54-45(64)32-57-14-16-58(33-49(68)69)18-20-60(35-51(72)73)21-19-59(17-15-57)34-50(70)71;/h1,3-4,6-11,28,41H,2,5,12-27,29-37H2,(H,54,64)(H,55,65)(H,56,74)(H,68,69)(H,70,71)(H,72,73)(H,75,76);/t41-;/m1./s1. The molecular formula is C53H72GdN8O19.